The highest BCUT2D eigenvalue weighted by Gasteiger charge is 2.28. The predicted molar refractivity (Wildman–Crippen MR) is 82.4 cm³/mol. The summed E-state index contributed by atoms with van der Waals surface area (Å²) < 4.78 is 1.61. The van der Waals surface area contributed by atoms with Crippen molar-refractivity contribution in [1.82, 2.24) is 19.9 Å². The van der Waals surface area contributed by atoms with Gasteiger partial charge in [-0.1, -0.05) is 44.2 Å². The molecule has 1 amide bonds. The van der Waals surface area contributed by atoms with Gasteiger partial charge in [0.1, 0.15) is 0 Å². The molecular weight excluding hydrogens is 264 g/mol. The Kier molecular flexibility index (Phi) is 4.11. The maximum atomic E-state index is 12.5. The third kappa shape index (κ3) is 3.29. The summed E-state index contributed by atoms with van der Waals surface area (Å²) in [6.45, 7) is 8.38. The zero-order valence-corrected chi connectivity index (χ0v) is 13.2. The molecule has 0 radical (unpaired) electrons. The Labute approximate surface area is 125 Å². The molecule has 0 saturated carbocycles. The smallest absolute Gasteiger partial charge is 0.276 e. The van der Waals surface area contributed by atoms with Gasteiger partial charge >= 0.3 is 0 Å². The summed E-state index contributed by atoms with van der Waals surface area (Å²) in [6.07, 6.45) is 1.67. The van der Waals surface area contributed by atoms with Crippen LogP contribution in [0.5, 0.6) is 0 Å². The molecule has 1 atom stereocenters. The van der Waals surface area contributed by atoms with E-state index in [1.54, 1.807) is 22.8 Å². The molecule has 112 valence electrons. The molecule has 0 spiro atoms. The van der Waals surface area contributed by atoms with Crippen molar-refractivity contribution in [2.75, 3.05) is 7.05 Å². The van der Waals surface area contributed by atoms with E-state index < -0.39 is 0 Å². The zero-order valence-electron chi connectivity index (χ0n) is 13.2. The molecule has 0 aliphatic rings. The van der Waals surface area contributed by atoms with Crippen LogP contribution in [0.1, 0.15) is 38.2 Å². The van der Waals surface area contributed by atoms with Crippen molar-refractivity contribution < 1.29 is 4.79 Å². The Hall–Kier alpha value is -2.17. The molecule has 2 aromatic rings. The normalized spacial score (nSPS) is 13.0. The predicted octanol–water partition coefficient (Wildman–Crippen LogP) is 2.77. The maximum absolute atomic E-state index is 12.5. The van der Waals surface area contributed by atoms with Gasteiger partial charge in [-0.05, 0) is 24.5 Å². The van der Waals surface area contributed by atoms with Gasteiger partial charge in [-0.25, -0.2) is 4.68 Å². The molecule has 21 heavy (non-hydrogen) atoms. The number of hydrogen-bond acceptors (Lipinski definition) is 3. The largest absolute Gasteiger partial charge is 0.337 e. The standard InChI is InChI=1S/C16H22N4O/c1-12(16(2,3)4)19(5)15(21)14-11-20(18-17-14)13-9-7-6-8-10-13/h6-12H,1-5H3/t12-/m1/s1. The van der Waals surface area contributed by atoms with Gasteiger partial charge in [0, 0.05) is 13.1 Å². The van der Waals surface area contributed by atoms with E-state index in [1.165, 1.54) is 0 Å². The average Bonchev–Trinajstić information content (AvgIpc) is 2.94. The van der Waals surface area contributed by atoms with E-state index in [1.807, 2.05) is 37.3 Å². The van der Waals surface area contributed by atoms with Gasteiger partial charge in [0.25, 0.3) is 5.91 Å². The molecule has 1 aromatic heterocycles. The number of para-hydroxylation sites is 1. The highest BCUT2D eigenvalue weighted by atomic mass is 16.2. The average molecular weight is 286 g/mol. The van der Waals surface area contributed by atoms with E-state index >= 15 is 0 Å². The lowest BCUT2D eigenvalue weighted by Crippen LogP contribution is -2.43. The fourth-order valence-corrected chi connectivity index (χ4v) is 2.01. The number of carbonyl (C=O) groups excluding carboxylic acids is 1. The molecule has 0 aliphatic carbocycles. The molecule has 0 unspecified atom stereocenters. The third-order valence-electron chi connectivity index (χ3n) is 3.89. The molecule has 0 bridgehead atoms. The van der Waals surface area contributed by atoms with Gasteiger partial charge < -0.3 is 4.90 Å². The van der Waals surface area contributed by atoms with E-state index in [2.05, 4.69) is 31.1 Å². The van der Waals surface area contributed by atoms with Gasteiger partial charge in [-0.15, -0.1) is 5.10 Å². The Morgan fingerprint density at radius 3 is 2.43 bits per heavy atom. The highest BCUT2D eigenvalue weighted by Crippen LogP contribution is 2.23. The zero-order chi connectivity index (χ0) is 15.6. The molecule has 2 rings (SSSR count). The van der Waals surface area contributed by atoms with Crippen LogP contribution in [0, 0.1) is 5.41 Å². The van der Waals surface area contributed by atoms with E-state index in [-0.39, 0.29) is 17.4 Å². The van der Waals surface area contributed by atoms with Crippen LogP contribution in [-0.4, -0.2) is 38.9 Å². The minimum atomic E-state index is -0.111. The molecule has 0 aliphatic heterocycles. The summed E-state index contributed by atoms with van der Waals surface area (Å²) in [5, 5.41) is 8.03. The van der Waals surface area contributed by atoms with Crippen LogP contribution in [-0.2, 0) is 0 Å². The first-order valence-electron chi connectivity index (χ1n) is 7.05. The lowest BCUT2D eigenvalue weighted by atomic mass is 9.87. The molecule has 1 aromatic carbocycles. The van der Waals surface area contributed by atoms with Crippen molar-refractivity contribution in [3.8, 4) is 5.69 Å². The SMILES string of the molecule is C[C@@H](N(C)C(=O)c1cn(-c2ccccc2)nn1)C(C)(C)C. The topological polar surface area (TPSA) is 51.0 Å². The number of carbonyl (C=O) groups is 1. The summed E-state index contributed by atoms with van der Waals surface area (Å²) in [5.41, 5.74) is 1.26. The van der Waals surface area contributed by atoms with E-state index in [0.717, 1.165) is 5.69 Å². The van der Waals surface area contributed by atoms with E-state index in [4.69, 9.17) is 0 Å². The Balaban J connectivity index is 2.20. The second-order valence-electron chi connectivity index (χ2n) is 6.34. The first-order valence-corrected chi connectivity index (χ1v) is 7.05. The quantitative estimate of drug-likeness (QED) is 0.871. The van der Waals surface area contributed by atoms with Crippen molar-refractivity contribution in [2.45, 2.75) is 33.7 Å². The van der Waals surface area contributed by atoms with Gasteiger partial charge in [0.05, 0.1) is 11.9 Å². The molecule has 5 nitrogen and oxygen atoms in total. The lowest BCUT2D eigenvalue weighted by Gasteiger charge is -2.34. The fourth-order valence-electron chi connectivity index (χ4n) is 2.01. The number of nitrogens with zero attached hydrogens (tertiary/aromatic N) is 4. The maximum Gasteiger partial charge on any atom is 0.276 e. The summed E-state index contributed by atoms with van der Waals surface area (Å²) in [6, 6.07) is 9.73. The van der Waals surface area contributed by atoms with Crippen molar-refractivity contribution >= 4 is 5.91 Å². The summed E-state index contributed by atoms with van der Waals surface area (Å²) in [4.78, 5) is 14.2. The molecular formula is C16H22N4O. The first-order chi connectivity index (χ1) is 9.80. The van der Waals surface area contributed by atoms with E-state index in [0.29, 0.717) is 5.69 Å². The second-order valence-corrected chi connectivity index (χ2v) is 6.34. The molecule has 0 fully saturated rings. The van der Waals surface area contributed by atoms with Crippen molar-refractivity contribution in [1.29, 1.82) is 0 Å². The minimum absolute atomic E-state index is 0.0137. The minimum Gasteiger partial charge on any atom is -0.337 e. The van der Waals surface area contributed by atoms with Crippen LogP contribution in [0.2, 0.25) is 0 Å². The highest BCUT2D eigenvalue weighted by molar-refractivity contribution is 5.92. The van der Waals surface area contributed by atoms with E-state index in [9.17, 15) is 4.79 Å². The Morgan fingerprint density at radius 2 is 1.86 bits per heavy atom. The number of hydrogen-bond donors (Lipinski definition) is 0. The first kappa shape index (κ1) is 15.2. The van der Waals surface area contributed by atoms with Crippen LogP contribution < -0.4 is 0 Å². The Morgan fingerprint density at radius 1 is 1.24 bits per heavy atom. The van der Waals surface area contributed by atoms with Crippen LogP contribution in [0.25, 0.3) is 5.69 Å². The fraction of sp³-hybridized carbons (Fsp3) is 0.438. The van der Waals surface area contributed by atoms with Crippen molar-refractivity contribution in [3.63, 3.8) is 0 Å². The van der Waals surface area contributed by atoms with Crippen LogP contribution in [0.15, 0.2) is 36.5 Å². The summed E-state index contributed by atoms with van der Waals surface area (Å²) in [5.74, 6) is -0.111. The summed E-state index contributed by atoms with van der Waals surface area (Å²) in [7, 11) is 1.81. The van der Waals surface area contributed by atoms with Crippen LogP contribution in [0.4, 0.5) is 0 Å². The second kappa shape index (κ2) is 5.68. The van der Waals surface area contributed by atoms with Gasteiger partial charge in [-0.2, -0.15) is 0 Å². The van der Waals surface area contributed by atoms with Crippen LogP contribution in [0.3, 0.4) is 0 Å². The number of rotatable bonds is 3. The molecule has 0 saturated heterocycles. The monoisotopic (exact) mass is 286 g/mol. The van der Waals surface area contributed by atoms with Gasteiger partial charge in [-0.3, -0.25) is 4.79 Å². The number of benzene rings is 1. The van der Waals surface area contributed by atoms with Crippen molar-refractivity contribution in [3.05, 3.63) is 42.2 Å². The number of aromatic nitrogens is 3. The molecule has 1 heterocycles. The Bertz CT molecular complexity index is 613. The van der Waals surface area contributed by atoms with Gasteiger partial charge in [0.2, 0.25) is 0 Å². The molecule has 0 N–H and O–H groups in total. The summed E-state index contributed by atoms with van der Waals surface area (Å²) >= 11 is 0. The third-order valence-corrected chi connectivity index (χ3v) is 3.89. The number of amides is 1. The van der Waals surface area contributed by atoms with Crippen LogP contribution >= 0.6 is 0 Å². The molecule has 5 heteroatoms. The lowest BCUT2D eigenvalue weighted by molar-refractivity contribution is 0.0623. The van der Waals surface area contributed by atoms with Crippen molar-refractivity contribution in [2.24, 2.45) is 5.41 Å². The van der Waals surface area contributed by atoms with Gasteiger partial charge in [0.15, 0.2) is 5.69 Å².